The van der Waals surface area contributed by atoms with Gasteiger partial charge >= 0.3 is 0 Å². The van der Waals surface area contributed by atoms with Crippen molar-refractivity contribution in [3.8, 4) is 5.69 Å². The monoisotopic (exact) mass is 532 g/mol. The third kappa shape index (κ3) is 3.58. The van der Waals surface area contributed by atoms with E-state index in [0.29, 0.717) is 43.7 Å². The van der Waals surface area contributed by atoms with Crippen LogP contribution in [0.15, 0.2) is 66.7 Å². The number of carbonyl (C=O) groups is 2. The molecule has 0 N–H and O–H groups in total. The van der Waals surface area contributed by atoms with E-state index in [0.717, 1.165) is 11.3 Å². The molecule has 5 heterocycles. The zero-order chi connectivity index (χ0) is 25.9. The van der Waals surface area contributed by atoms with E-state index in [-0.39, 0.29) is 11.8 Å². The summed E-state index contributed by atoms with van der Waals surface area (Å²) in [5.74, 6) is -0.883. The molecule has 4 aliphatic rings. The molecule has 0 saturated carbocycles. The number of morpholine rings is 1. The molecule has 5 atom stereocenters. The van der Waals surface area contributed by atoms with Crippen LogP contribution in [0, 0.1) is 11.8 Å². The van der Waals surface area contributed by atoms with Crippen LogP contribution >= 0.6 is 11.6 Å². The molecule has 1 aromatic heterocycles. The van der Waals surface area contributed by atoms with Crippen LogP contribution in [0.1, 0.15) is 17.4 Å². The number of rotatable bonds is 5. The highest BCUT2D eigenvalue weighted by atomic mass is 35.5. The fourth-order valence-electron chi connectivity index (χ4n) is 6.26. The Bertz CT molecular complexity index is 1410. The van der Waals surface area contributed by atoms with E-state index in [4.69, 9.17) is 21.1 Å². The SMILES string of the molecule is O=C([C@H]1[C@H]2C(=O)N([C@@H](c3ccccc3)c3nnnn3-c3ccc(Cl)cc3)C[C@]23C=C[C@H]1O3)N1CCOCC1. The Labute approximate surface area is 223 Å². The number of carbonyl (C=O) groups excluding carboxylic acids is 2. The van der Waals surface area contributed by atoms with Crippen LogP contribution in [-0.4, -0.2) is 86.4 Å². The van der Waals surface area contributed by atoms with Gasteiger partial charge in [0, 0.05) is 18.1 Å². The van der Waals surface area contributed by atoms with Gasteiger partial charge in [0.15, 0.2) is 5.82 Å². The number of halogens is 1. The first-order valence-electron chi connectivity index (χ1n) is 12.7. The van der Waals surface area contributed by atoms with Crippen LogP contribution in [0.5, 0.6) is 0 Å². The number of fused-ring (bicyclic) bond motifs is 1. The molecule has 3 fully saturated rings. The lowest BCUT2D eigenvalue weighted by atomic mass is 9.76. The summed E-state index contributed by atoms with van der Waals surface area (Å²) in [4.78, 5) is 31.5. The number of tetrazole rings is 1. The predicted molar refractivity (Wildman–Crippen MR) is 135 cm³/mol. The Morgan fingerprint density at radius 3 is 2.61 bits per heavy atom. The third-order valence-electron chi connectivity index (χ3n) is 7.97. The van der Waals surface area contributed by atoms with E-state index in [1.165, 1.54) is 0 Å². The fourth-order valence-corrected chi connectivity index (χ4v) is 6.38. The van der Waals surface area contributed by atoms with Crippen molar-refractivity contribution in [3.63, 3.8) is 0 Å². The van der Waals surface area contributed by atoms with Crippen molar-refractivity contribution in [2.45, 2.75) is 17.7 Å². The number of ether oxygens (including phenoxy) is 2. The van der Waals surface area contributed by atoms with Crippen molar-refractivity contribution < 1.29 is 19.1 Å². The molecule has 0 unspecified atom stereocenters. The number of aromatic nitrogens is 4. The zero-order valence-corrected chi connectivity index (χ0v) is 21.1. The lowest BCUT2D eigenvalue weighted by Gasteiger charge is -2.33. The highest BCUT2D eigenvalue weighted by Gasteiger charge is 2.68. The molecule has 11 heteroatoms. The molecule has 1 spiro atoms. The van der Waals surface area contributed by atoms with Gasteiger partial charge in [0.1, 0.15) is 11.6 Å². The minimum atomic E-state index is -0.861. The summed E-state index contributed by atoms with van der Waals surface area (Å²) in [7, 11) is 0. The zero-order valence-electron chi connectivity index (χ0n) is 20.4. The Morgan fingerprint density at radius 1 is 1.08 bits per heavy atom. The molecule has 194 valence electrons. The Morgan fingerprint density at radius 2 is 1.84 bits per heavy atom. The molecule has 3 saturated heterocycles. The summed E-state index contributed by atoms with van der Waals surface area (Å²) in [6, 6.07) is 16.3. The van der Waals surface area contributed by atoms with Gasteiger partial charge < -0.3 is 19.3 Å². The van der Waals surface area contributed by atoms with Crippen molar-refractivity contribution in [1.82, 2.24) is 30.0 Å². The van der Waals surface area contributed by atoms with Gasteiger partial charge in [-0.25, -0.2) is 0 Å². The van der Waals surface area contributed by atoms with Gasteiger partial charge in [-0.2, -0.15) is 4.68 Å². The molecule has 10 nitrogen and oxygen atoms in total. The molecule has 7 rings (SSSR count). The molecule has 3 aromatic rings. The lowest BCUT2D eigenvalue weighted by molar-refractivity contribution is -0.146. The minimum Gasteiger partial charge on any atom is -0.378 e. The number of benzene rings is 2. The fraction of sp³-hybridized carbons (Fsp3) is 0.370. The van der Waals surface area contributed by atoms with Gasteiger partial charge in [-0.15, -0.1) is 5.10 Å². The van der Waals surface area contributed by atoms with Crippen LogP contribution in [0.25, 0.3) is 5.69 Å². The smallest absolute Gasteiger partial charge is 0.230 e. The Balaban J connectivity index is 1.28. The first-order valence-corrected chi connectivity index (χ1v) is 13.1. The number of nitrogens with zero attached hydrogens (tertiary/aromatic N) is 6. The maximum Gasteiger partial charge on any atom is 0.230 e. The molecule has 0 radical (unpaired) electrons. The first kappa shape index (κ1) is 23.5. The van der Waals surface area contributed by atoms with Crippen LogP contribution < -0.4 is 0 Å². The summed E-state index contributed by atoms with van der Waals surface area (Å²) < 4.78 is 13.5. The van der Waals surface area contributed by atoms with Gasteiger partial charge in [-0.05, 0) is 40.3 Å². The van der Waals surface area contributed by atoms with Crippen LogP contribution in [0.4, 0.5) is 0 Å². The molecule has 2 aromatic carbocycles. The Hall–Kier alpha value is -3.60. The van der Waals surface area contributed by atoms with E-state index in [1.807, 2.05) is 54.6 Å². The van der Waals surface area contributed by atoms with E-state index in [9.17, 15) is 9.59 Å². The summed E-state index contributed by atoms with van der Waals surface area (Å²) >= 11 is 6.11. The molecule has 2 amide bonds. The van der Waals surface area contributed by atoms with Crippen LogP contribution in [-0.2, 0) is 19.1 Å². The highest BCUT2D eigenvalue weighted by molar-refractivity contribution is 6.30. The second kappa shape index (κ2) is 9.00. The van der Waals surface area contributed by atoms with Crippen molar-refractivity contribution in [3.05, 3.63) is 83.2 Å². The number of hydrogen-bond acceptors (Lipinski definition) is 7. The number of likely N-dealkylation sites (tertiary alicyclic amines) is 1. The quantitative estimate of drug-likeness (QED) is 0.463. The standard InChI is InChI=1S/C27H25ClN6O4/c28-18-6-8-19(9-7-18)34-24(29-30-31-34)23(17-4-2-1-3-5-17)33-16-27-11-10-20(38-27)21(22(27)26(33)36)25(35)32-12-14-37-15-13-32/h1-11,20-23H,12-16H2/t20-,21-,22+,23+,27-/m1/s1. The Kier molecular flexibility index (Phi) is 5.57. The number of amides is 2. The van der Waals surface area contributed by atoms with Crippen LogP contribution in [0.3, 0.4) is 0 Å². The van der Waals surface area contributed by atoms with Gasteiger partial charge in [0.2, 0.25) is 11.8 Å². The van der Waals surface area contributed by atoms with E-state index < -0.39 is 29.6 Å². The summed E-state index contributed by atoms with van der Waals surface area (Å²) in [6.07, 6.45) is 3.50. The summed E-state index contributed by atoms with van der Waals surface area (Å²) in [5, 5.41) is 13.2. The molecular formula is C27H25ClN6O4. The topological polar surface area (TPSA) is 103 Å². The van der Waals surface area contributed by atoms with Crippen molar-refractivity contribution in [2.24, 2.45) is 11.8 Å². The normalized spacial score (nSPS) is 28.7. The average molecular weight is 533 g/mol. The average Bonchev–Trinajstić information content (AvgIpc) is 3.72. The second-order valence-electron chi connectivity index (χ2n) is 10.0. The van der Waals surface area contributed by atoms with Crippen LogP contribution in [0.2, 0.25) is 5.02 Å². The van der Waals surface area contributed by atoms with E-state index in [1.54, 1.807) is 26.6 Å². The van der Waals surface area contributed by atoms with Gasteiger partial charge in [0.25, 0.3) is 0 Å². The molecule has 2 bridgehead atoms. The minimum absolute atomic E-state index is 0.0491. The van der Waals surface area contributed by atoms with Crippen molar-refractivity contribution >= 4 is 23.4 Å². The van der Waals surface area contributed by atoms with Gasteiger partial charge in [-0.3, -0.25) is 9.59 Å². The maximum atomic E-state index is 14.3. The number of hydrogen-bond donors (Lipinski definition) is 0. The summed E-state index contributed by atoms with van der Waals surface area (Å²) in [5.41, 5.74) is 0.717. The first-order chi connectivity index (χ1) is 18.6. The van der Waals surface area contributed by atoms with E-state index >= 15 is 0 Å². The van der Waals surface area contributed by atoms with Crippen molar-refractivity contribution in [2.75, 3.05) is 32.8 Å². The second-order valence-corrected chi connectivity index (χ2v) is 10.5. The highest BCUT2D eigenvalue weighted by Crippen LogP contribution is 2.54. The molecule has 4 aliphatic heterocycles. The van der Waals surface area contributed by atoms with Crippen molar-refractivity contribution in [1.29, 1.82) is 0 Å². The summed E-state index contributed by atoms with van der Waals surface area (Å²) in [6.45, 7) is 2.33. The molecule has 38 heavy (non-hydrogen) atoms. The van der Waals surface area contributed by atoms with E-state index in [2.05, 4.69) is 15.5 Å². The largest absolute Gasteiger partial charge is 0.378 e. The molecular weight excluding hydrogens is 508 g/mol. The molecule has 0 aliphatic carbocycles. The van der Waals surface area contributed by atoms with Gasteiger partial charge in [-0.1, -0.05) is 54.1 Å². The third-order valence-corrected chi connectivity index (χ3v) is 8.23. The predicted octanol–water partition coefficient (Wildman–Crippen LogP) is 2.05. The lowest BCUT2D eigenvalue weighted by Crippen LogP contribution is -2.49. The van der Waals surface area contributed by atoms with Gasteiger partial charge in [0.05, 0.1) is 43.4 Å². The maximum absolute atomic E-state index is 14.3.